The molecule has 2 N–H and O–H groups in total. The van der Waals surface area contributed by atoms with Gasteiger partial charge >= 0.3 is 0 Å². The molecule has 0 saturated carbocycles. The summed E-state index contributed by atoms with van der Waals surface area (Å²) in [5.74, 6) is 0.886. The maximum Gasteiger partial charge on any atom is 0.122 e. The number of rotatable bonds is 4. The van der Waals surface area contributed by atoms with E-state index in [0.717, 1.165) is 22.8 Å². The van der Waals surface area contributed by atoms with Crippen molar-refractivity contribution in [2.75, 3.05) is 13.2 Å². The second-order valence-corrected chi connectivity index (χ2v) is 3.18. The van der Waals surface area contributed by atoms with E-state index in [1.807, 2.05) is 18.2 Å². The van der Waals surface area contributed by atoms with Crippen LogP contribution in [-0.2, 0) is 6.42 Å². The Labute approximate surface area is 83.6 Å². The van der Waals surface area contributed by atoms with Crippen LogP contribution in [0.1, 0.15) is 12.5 Å². The van der Waals surface area contributed by atoms with E-state index in [9.17, 15) is 0 Å². The minimum atomic E-state index is 0.534. The van der Waals surface area contributed by atoms with Crippen molar-refractivity contribution >= 4 is 11.6 Å². The lowest BCUT2D eigenvalue weighted by Crippen LogP contribution is -2.11. The zero-order valence-corrected chi connectivity index (χ0v) is 8.47. The molecule has 1 rings (SSSR count). The maximum atomic E-state index is 5.85. The van der Waals surface area contributed by atoms with Crippen LogP contribution >= 0.6 is 11.6 Å². The molecule has 0 amide bonds. The lowest BCUT2D eigenvalue weighted by atomic mass is 10.1. The zero-order chi connectivity index (χ0) is 9.68. The van der Waals surface area contributed by atoms with Crippen molar-refractivity contribution in [3.8, 4) is 5.75 Å². The van der Waals surface area contributed by atoms with E-state index in [2.05, 4.69) is 6.92 Å². The molecule has 13 heavy (non-hydrogen) atoms. The van der Waals surface area contributed by atoms with E-state index < -0.39 is 0 Å². The van der Waals surface area contributed by atoms with Gasteiger partial charge < -0.3 is 10.5 Å². The average molecular weight is 200 g/mol. The molecule has 0 fully saturated rings. The summed E-state index contributed by atoms with van der Waals surface area (Å²) >= 11 is 5.85. The summed E-state index contributed by atoms with van der Waals surface area (Å²) in [7, 11) is 0. The third-order valence-electron chi connectivity index (χ3n) is 1.78. The van der Waals surface area contributed by atoms with Crippen LogP contribution in [0.4, 0.5) is 0 Å². The van der Waals surface area contributed by atoms with Gasteiger partial charge in [-0.2, -0.15) is 0 Å². The second-order valence-electron chi connectivity index (χ2n) is 2.74. The summed E-state index contributed by atoms with van der Waals surface area (Å²) in [6, 6.07) is 5.64. The van der Waals surface area contributed by atoms with Gasteiger partial charge in [-0.05, 0) is 30.2 Å². The molecule has 0 atom stereocenters. The van der Waals surface area contributed by atoms with Crippen LogP contribution in [0.5, 0.6) is 5.75 Å². The van der Waals surface area contributed by atoms with Crippen LogP contribution in [0, 0.1) is 0 Å². The Bertz CT molecular complexity index is 276. The number of aryl methyl sites for hydroxylation is 1. The molecule has 0 aliphatic rings. The summed E-state index contributed by atoms with van der Waals surface area (Å²) in [6.07, 6.45) is 0.917. The molecule has 0 aliphatic heterocycles. The molecule has 0 aromatic heterocycles. The van der Waals surface area contributed by atoms with Crippen molar-refractivity contribution in [3.05, 3.63) is 28.8 Å². The van der Waals surface area contributed by atoms with Crippen molar-refractivity contribution < 1.29 is 4.74 Å². The molecule has 0 aliphatic carbocycles. The molecular weight excluding hydrogens is 186 g/mol. The Hall–Kier alpha value is -0.730. The summed E-state index contributed by atoms with van der Waals surface area (Å²) in [5.41, 5.74) is 6.47. The smallest absolute Gasteiger partial charge is 0.122 e. The van der Waals surface area contributed by atoms with E-state index in [0.29, 0.717) is 13.2 Å². The van der Waals surface area contributed by atoms with E-state index >= 15 is 0 Å². The van der Waals surface area contributed by atoms with E-state index in [4.69, 9.17) is 22.1 Å². The van der Waals surface area contributed by atoms with Gasteiger partial charge in [-0.15, -0.1) is 0 Å². The first kappa shape index (κ1) is 10.4. The molecule has 72 valence electrons. The van der Waals surface area contributed by atoms with Gasteiger partial charge in [0.1, 0.15) is 12.4 Å². The Kier molecular flexibility index (Phi) is 4.06. The molecule has 0 bridgehead atoms. The highest BCUT2D eigenvalue weighted by atomic mass is 35.5. The lowest BCUT2D eigenvalue weighted by Gasteiger charge is -2.09. The summed E-state index contributed by atoms with van der Waals surface area (Å²) < 4.78 is 5.45. The minimum Gasteiger partial charge on any atom is -0.492 e. The fourth-order valence-electron chi connectivity index (χ4n) is 1.13. The third-order valence-corrected chi connectivity index (χ3v) is 2.01. The fourth-order valence-corrected chi connectivity index (χ4v) is 1.33. The van der Waals surface area contributed by atoms with Gasteiger partial charge in [-0.1, -0.05) is 18.5 Å². The third kappa shape index (κ3) is 2.90. The van der Waals surface area contributed by atoms with Gasteiger partial charge in [0.05, 0.1) is 0 Å². The van der Waals surface area contributed by atoms with Crippen LogP contribution in [0.2, 0.25) is 5.02 Å². The molecule has 1 aromatic carbocycles. The quantitative estimate of drug-likeness (QED) is 0.808. The van der Waals surface area contributed by atoms with Crippen molar-refractivity contribution in [3.63, 3.8) is 0 Å². The predicted molar refractivity (Wildman–Crippen MR) is 55.4 cm³/mol. The number of halogens is 1. The van der Waals surface area contributed by atoms with Crippen molar-refractivity contribution in [1.82, 2.24) is 0 Å². The molecule has 0 unspecified atom stereocenters. The molecule has 2 nitrogen and oxygen atoms in total. The Morgan fingerprint density at radius 1 is 1.46 bits per heavy atom. The SMILES string of the molecule is CCc1cc(Cl)ccc1OCCN. The first-order chi connectivity index (χ1) is 6.27. The summed E-state index contributed by atoms with van der Waals surface area (Å²) in [6.45, 7) is 3.15. The molecule has 1 aromatic rings. The molecule has 3 heteroatoms. The zero-order valence-electron chi connectivity index (χ0n) is 7.72. The highest BCUT2D eigenvalue weighted by Gasteiger charge is 2.01. The van der Waals surface area contributed by atoms with Crippen molar-refractivity contribution in [2.24, 2.45) is 5.73 Å². The van der Waals surface area contributed by atoms with Crippen LogP contribution in [-0.4, -0.2) is 13.2 Å². The van der Waals surface area contributed by atoms with Gasteiger partial charge in [-0.3, -0.25) is 0 Å². The van der Waals surface area contributed by atoms with Crippen LogP contribution in [0.25, 0.3) is 0 Å². The molecule has 0 saturated heterocycles. The normalized spacial score (nSPS) is 10.1. The Morgan fingerprint density at radius 3 is 2.85 bits per heavy atom. The topological polar surface area (TPSA) is 35.2 Å². The summed E-state index contributed by atoms with van der Waals surface area (Å²) in [4.78, 5) is 0. The van der Waals surface area contributed by atoms with Crippen LogP contribution < -0.4 is 10.5 Å². The van der Waals surface area contributed by atoms with Crippen LogP contribution in [0.15, 0.2) is 18.2 Å². The molecule has 0 spiro atoms. The van der Waals surface area contributed by atoms with Gasteiger partial charge in [0.15, 0.2) is 0 Å². The van der Waals surface area contributed by atoms with Crippen molar-refractivity contribution in [2.45, 2.75) is 13.3 Å². The van der Waals surface area contributed by atoms with E-state index in [1.165, 1.54) is 0 Å². The highest BCUT2D eigenvalue weighted by Crippen LogP contribution is 2.23. The first-order valence-electron chi connectivity index (χ1n) is 4.39. The number of benzene rings is 1. The number of nitrogens with two attached hydrogens (primary N) is 1. The molecule has 0 heterocycles. The highest BCUT2D eigenvalue weighted by molar-refractivity contribution is 6.30. The van der Waals surface area contributed by atoms with Gasteiger partial charge in [0.25, 0.3) is 0 Å². The second kappa shape index (κ2) is 5.10. The van der Waals surface area contributed by atoms with Crippen LogP contribution in [0.3, 0.4) is 0 Å². The van der Waals surface area contributed by atoms with Gasteiger partial charge in [0.2, 0.25) is 0 Å². The number of ether oxygens (including phenoxy) is 1. The largest absolute Gasteiger partial charge is 0.492 e. The minimum absolute atomic E-state index is 0.534. The average Bonchev–Trinajstić information content (AvgIpc) is 2.16. The maximum absolute atomic E-state index is 5.85. The predicted octanol–water partition coefficient (Wildman–Crippen LogP) is 2.24. The number of hydrogen-bond donors (Lipinski definition) is 1. The van der Waals surface area contributed by atoms with E-state index in [-0.39, 0.29) is 0 Å². The fraction of sp³-hybridized carbons (Fsp3) is 0.400. The Balaban J connectivity index is 2.79. The molecular formula is C10H14ClNO. The van der Waals surface area contributed by atoms with Gasteiger partial charge in [-0.25, -0.2) is 0 Å². The molecule has 0 radical (unpaired) electrons. The summed E-state index contributed by atoms with van der Waals surface area (Å²) in [5, 5.41) is 0.747. The van der Waals surface area contributed by atoms with Gasteiger partial charge in [0, 0.05) is 11.6 Å². The van der Waals surface area contributed by atoms with E-state index in [1.54, 1.807) is 0 Å². The Morgan fingerprint density at radius 2 is 2.23 bits per heavy atom. The lowest BCUT2D eigenvalue weighted by molar-refractivity contribution is 0.325. The standard InChI is InChI=1S/C10H14ClNO/c1-2-8-7-9(11)3-4-10(8)13-6-5-12/h3-4,7H,2,5-6,12H2,1H3. The number of hydrogen-bond acceptors (Lipinski definition) is 2. The first-order valence-corrected chi connectivity index (χ1v) is 4.77. The monoisotopic (exact) mass is 199 g/mol. The van der Waals surface area contributed by atoms with Crippen molar-refractivity contribution in [1.29, 1.82) is 0 Å².